The molecule has 0 atom stereocenters. The Labute approximate surface area is 124 Å². The lowest BCUT2D eigenvalue weighted by atomic mass is 10.0. The Balaban J connectivity index is 2.91. The van der Waals surface area contributed by atoms with Crippen molar-refractivity contribution in [3.63, 3.8) is 0 Å². The largest absolute Gasteiger partial charge is 0.461 e. The van der Waals surface area contributed by atoms with Gasteiger partial charge in [0.25, 0.3) is 0 Å². The van der Waals surface area contributed by atoms with Gasteiger partial charge in [-0.2, -0.15) is 8.78 Å². The molecule has 0 aliphatic carbocycles. The number of alkyl halides is 2. The van der Waals surface area contributed by atoms with E-state index in [1.54, 1.807) is 18.2 Å². The molecule has 6 heteroatoms. The maximum Gasteiger partial charge on any atom is 0.400 e. The third-order valence-corrected chi connectivity index (χ3v) is 5.08. The molecule has 0 saturated heterocycles. The highest BCUT2D eigenvalue weighted by atomic mass is 28.3. The second kappa shape index (κ2) is 6.47. The molecule has 1 aromatic carbocycles. The summed E-state index contributed by atoms with van der Waals surface area (Å²) in [6.45, 7) is 7.60. The number of ether oxygens (including phenoxy) is 1. The lowest BCUT2D eigenvalue weighted by Crippen LogP contribution is -2.41. The van der Waals surface area contributed by atoms with Crippen molar-refractivity contribution < 1.29 is 23.1 Å². The van der Waals surface area contributed by atoms with Gasteiger partial charge in [-0.05, 0) is 12.5 Å². The molecule has 0 unspecified atom stereocenters. The van der Waals surface area contributed by atoms with Crippen LogP contribution in [0.3, 0.4) is 0 Å². The molecule has 0 amide bonds. The Morgan fingerprint density at radius 2 is 1.86 bits per heavy atom. The molecule has 0 fully saturated rings. The summed E-state index contributed by atoms with van der Waals surface area (Å²) in [6.07, 6.45) is -0.482. The number of esters is 1. The zero-order valence-corrected chi connectivity index (χ0v) is 13.7. The van der Waals surface area contributed by atoms with E-state index in [1.165, 1.54) is 6.92 Å². The van der Waals surface area contributed by atoms with Crippen LogP contribution in [0.4, 0.5) is 8.78 Å². The van der Waals surface area contributed by atoms with Crippen LogP contribution in [0.5, 0.6) is 0 Å². The smallest absolute Gasteiger partial charge is 0.400 e. The fraction of sp³-hybridized carbons (Fsp3) is 0.467. The quantitative estimate of drug-likeness (QED) is 0.460. The monoisotopic (exact) mass is 314 g/mol. The van der Waals surface area contributed by atoms with Gasteiger partial charge in [0.15, 0.2) is 0 Å². The lowest BCUT2D eigenvalue weighted by molar-refractivity contribution is -0.176. The molecule has 1 rings (SSSR count). The Morgan fingerprint density at radius 3 is 2.38 bits per heavy atom. The summed E-state index contributed by atoms with van der Waals surface area (Å²) >= 11 is 0. The Hall–Kier alpha value is -1.56. The highest BCUT2D eigenvalue weighted by Gasteiger charge is 2.48. The molecule has 3 nitrogen and oxygen atoms in total. The van der Waals surface area contributed by atoms with Crippen molar-refractivity contribution in [1.82, 2.24) is 0 Å². The standard InChI is InChI=1S/C15H20F2O3Si/c1-5-20-14(19)15(16,17)13(18)10-11-7-6-8-12(9-11)21(2,3)4/h6-9H,5,10H2,1-4H3. The van der Waals surface area contributed by atoms with E-state index in [2.05, 4.69) is 24.4 Å². The predicted octanol–water partition coefficient (Wildman–Crippen LogP) is 2.54. The lowest BCUT2D eigenvalue weighted by Gasteiger charge is -2.18. The Morgan fingerprint density at radius 1 is 1.24 bits per heavy atom. The number of hydrogen-bond donors (Lipinski definition) is 0. The second-order valence-electron chi connectivity index (χ2n) is 5.85. The van der Waals surface area contributed by atoms with Crippen LogP contribution < -0.4 is 5.19 Å². The molecule has 1 aromatic rings. The van der Waals surface area contributed by atoms with Crippen molar-refractivity contribution >= 4 is 25.0 Å². The van der Waals surface area contributed by atoms with Gasteiger partial charge in [0.05, 0.1) is 14.7 Å². The number of Topliss-reactive ketones (excluding diaryl/α,β-unsaturated/α-hetero) is 1. The van der Waals surface area contributed by atoms with Crippen molar-refractivity contribution in [3.05, 3.63) is 29.8 Å². The van der Waals surface area contributed by atoms with Gasteiger partial charge < -0.3 is 4.74 Å². The number of carbonyl (C=O) groups excluding carboxylic acids is 2. The summed E-state index contributed by atoms with van der Waals surface area (Å²) in [4.78, 5) is 22.8. The fourth-order valence-corrected chi connectivity index (χ4v) is 2.99. The van der Waals surface area contributed by atoms with Gasteiger partial charge in [-0.1, -0.05) is 49.1 Å². The highest BCUT2D eigenvalue weighted by molar-refractivity contribution is 6.88. The number of ketones is 1. The summed E-state index contributed by atoms with van der Waals surface area (Å²) in [5.41, 5.74) is 0.490. The van der Waals surface area contributed by atoms with Crippen molar-refractivity contribution in [2.75, 3.05) is 6.61 Å². The number of benzene rings is 1. The number of carbonyl (C=O) groups is 2. The van der Waals surface area contributed by atoms with Crippen LogP contribution in [-0.2, 0) is 20.7 Å². The van der Waals surface area contributed by atoms with Crippen LogP contribution in [0, 0.1) is 0 Å². The van der Waals surface area contributed by atoms with Crippen LogP contribution in [0.2, 0.25) is 19.6 Å². The molecule has 0 aromatic heterocycles. The van der Waals surface area contributed by atoms with Crippen LogP contribution in [0.15, 0.2) is 24.3 Å². The van der Waals surface area contributed by atoms with E-state index in [0.717, 1.165) is 5.19 Å². The third-order valence-electron chi connectivity index (χ3n) is 3.04. The van der Waals surface area contributed by atoms with Gasteiger partial charge >= 0.3 is 11.9 Å². The first-order valence-corrected chi connectivity index (χ1v) is 10.3. The van der Waals surface area contributed by atoms with Crippen LogP contribution in [0.1, 0.15) is 12.5 Å². The first-order valence-electron chi connectivity index (χ1n) is 6.76. The van der Waals surface area contributed by atoms with E-state index >= 15 is 0 Å². The Bertz CT molecular complexity index is 536. The van der Waals surface area contributed by atoms with E-state index < -0.39 is 32.2 Å². The molecule has 0 aliphatic rings. The first-order chi connectivity index (χ1) is 9.59. The molecule has 0 aliphatic heterocycles. The average Bonchev–Trinajstić information content (AvgIpc) is 2.38. The van der Waals surface area contributed by atoms with Crippen molar-refractivity contribution in [2.24, 2.45) is 0 Å². The number of halogens is 2. The minimum absolute atomic E-state index is 0.188. The second-order valence-corrected chi connectivity index (χ2v) is 10.9. The maximum atomic E-state index is 13.6. The Kier molecular flexibility index (Phi) is 5.39. The zero-order valence-electron chi connectivity index (χ0n) is 12.7. The van der Waals surface area contributed by atoms with Crippen molar-refractivity contribution in [1.29, 1.82) is 0 Å². The summed E-state index contributed by atoms with van der Waals surface area (Å²) in [5, 5.41) is 1.08. The van der Waals surface area contributed by atoms with E-state index in [4.69, 9.17) is 0 Å². The summed E-state index contributed by atoms with van der Waals surface area (Å²) in [7, 11) is -1.59. The van der Waals surface area contributed by atoms with Gasteiger partial charge in [0.2, 0.25) is 5.78 Å². The van der Waals surface area contributed by atoms with Crippen LogP contribution in [-0.4, -0.2) is 32.4 Å². The first kappa shape index (κ1) is 17.5. The van der Waals surface area contributed by atoms with Crippen LogP contribution in [0.25, 0.3) is 0 Å². The van der Waals surface area contributed by atoms with E-state index in [0.29, 0.717) is 5.56 Å². The molecule has 0 bridgehead atoms. The van der Waals surface area contributed by atoms with E-state index in [1.807, 2.05) is 6.07 Å². The van der Waals surface area contributed by atoms with Gasteiger partial charge in [-0.25, -0.2) is 4.79 Å². The van der Waals surface area contributed by atoms with Crippen molar-refractivity contribution in [2.45, 2.75) is 38.9 Å². The third kappa shape index (κ3) is 4.46. The van der Waals surface area contributed by atoms with Gasteiger partial charge in [0, 0.05) is 6.42 Å². The molecule has 0 spiro atoms. The zero-order chi connectivity index (χ0) is 16.3. The molecule has 0 saturated carbocycles. The molecule has 21 heavy (non-hydrogen) atoms. The average molecular weight is 314 g/mol. The minimum atomic E-state index is -4.09. The van der Waals surface area contributed by atoms with Gasteiger partial charge in [0.1, 0.15) is 0 Å². The van der Waals surface area contributed by atoms with E-state index in [9.17, 15) is 18.4 Å². The molecule has 0 N–H and O–H groups in total. The molecular formula is C15H20F2O3Si. The van der Waals surface area contributed by atoms with E-state index in [-0.39, 0.29) is 6.61 Å². The topological polar surface area (TPSA) is 43.4 Å². The summed E-state index contributed by atoms with van der Waals surface area (Å²) in [5.74, 6) is -7.31. The minimum Gasteiger partial charge on any atom is -0.461 e. The summed E-state index contributed by atoms with van der Waals surface area (Å²) in [6, 6.07) is 7.07. The molecule has 0 heterocycles. The number of rotatable bonds is 6. The highest BCUT2D eigenvalue weighted by Crippen LogP contribution is 2.20. The normalized spacial score (nSPS) is 12.1. The molecule has 116 valence electrons. The van der Waals surface area contributed by atoms with Gasteiger partial charge in [-0.3, -0.25) is 4.79 Å². The fourth-order valence-electron chi connectivity index (χ4n) is 1.78. The SMILES string of the molecule is CCOC(=O)C(F)(F)C(=O)Cc1cccc([Si](C)(C)C)c1. The predicted molar refractivity (Wildman–Crippen MR) is 79.7 cm³/mol. The van der Waals surface area contributed by atoms with Crippen LogP contribution >= 0.6 is 0 Å². The van der Waals surface area contributed by atoms with Crippen molar-refractivity contribution in [3.8, 4) is 0 Å². The molecule has 0 radical (unpaired) electrons. The molecular weight excluding hydrogens is 294 g/mol. The number of hydrogen-bond acceptors (Lipinski definition) is 3. The van der Waals surface area contributed by atoms with Gasteiger partial charge in [-0.15, -0.1) is 0 Å². The maximum absolute atomic E-state index is 13.6. The summed E-state index contributed by atoms with van der Waals surface area (Å²) < 4.78 is 31.4.